The van der Waals surface area contributed by atoms with Gasteiger partial charge in [0, 0.05) is 16.6 Å². The largest absolute Gasteiger partial charge is 0.497 e. The molecule has 1 N–H and O–H groups in total. The van der Waals surface area contributed by atoms with Gasteiger partial charge < -0.3 is 9.31 Å². The van der Waals surface area contributed by atoms with Crippen LogP contribution in [0.2, 0.25) is 0 Å². The van der Waals surface area contributed by atoms with E-state index in [1.165, 1.54) is 17.1 Å². The van der Waals surface area contributed by atoms with E-state index in [-0.39, 0.29) is 28.4 Å². The van der Waals surface area contributed by atoms with E-state index in [0.717, 1.165) is 17.2 Å². The van der Waals surface area contributed by atoms with E-state index in [2.05, 4.69) is 5.43 Å². The number of hydrazine groups is 1. The molecule has 1 aliphatic rings. The van der Waals surface area contributed by atoms with E-state index >= 15 is 4.39 Å². The van der Waals surface area contributed by atoms with Crippen molar-refractivity contribution >= 4 is 24.4 Å². The lowest BCUT2D eigenvalue weighted by molar-refractivity contribution is 0.00578. The van der Waals surface area contributed by atoms with Crippen LogP contribution in [0.25, 0.3) is 0 Å². The minimum atomic E-state index is -0.880. The number of carbonyl (C=O) groups excluding carboxylic acids is 2. The summed E-state index contributed by atoms with van der Waals surface area (Å²) in [6.45, 7) is 19.5. The highest BCUT2D eigenvalue weighted by molar-refractivity contribution is 6.62. The van der Waals surface area contributed by atoms with Gasteiger partial charge in [0.25, 0.3) is 11.8 Å². The third kappa shape index (κ3) is 6.07. The molecular weight excluding hydrogens is 470 g/mol. The first kappa shape index (κ1) is 28.9. The van der Waals surface area contributed by atoms with Crippen LogP contribution in [0.1, 0.15) is 93.7 Å². The summed E-state index contributed by atoms with van der Waals surface area (Å²) in [5.74, 6) is -1.49. The number of hydrogen-bond donors (Lipinski definition) is 1. The molecule has 8 heteroatoms. The van der Waals surface area contributed by atoms with Crippen molar-refractivity contribution in [3.63, 3.8) is 0 Å². The topological polar surface area (TPSA) is 67.9 Å². The smallest absolute Gasteiger partial charge is 0.399 e. The summed E-state index contributed by atoms with van der Waals surface area (Å²) in [7, 11) is -0.880. The molecular formula is C29H40BFN2O4. The molecule has 1 unspecified atom stereocenters. The molecule has 0 saturated carbocycles. The van der Waals surface area contributed by atoms with Crippen molar-refractivity contribution in [2.24, 2.45) is 5.41 Å². The Morgan fingerprint density at radius 3 is 1.97 bits per heavy atom. The zero-order chi connectivity index (χ0) is 27.9. The number of benzene rings is 2. The molecule has 1 atom stereocenters. The normalized spacial score (nSPS) is 17.4. The van der Waals surface area contributed by atoms with Crippen LogP contribution < -0.4 is 10.9 Å². The van der Waals surface area contributed by atoms with Crippen molar-refractivity contribution in [2.75, 3.05) is 0 Å². The molecule has 0 aromatic heterocycles. The van der Waals surface area contributed by atoms with Gasteiger partial charge in [-0.3, -0.25) is 15.0 Å². The Morgan fingerprint density at radius 1 is 0.973 bits per heavy atom. The molecule has 2 aromatic carbocycles. The van der Waals surface area contributed by atoms with Crippen molar-refractivity contribution in [3.05, 3.63) is 64.5 Å². The monoisotopic (exact) mass is 510 g/mol. The maximum atomic E-state index is 15.2. The average molecular weight is 510 g/mol. The lowest BCUT2D eigenvalue weighted by atomic mass is 9.78. The molecule has 1 saturated heterocycles. The Bertz CT molecular complexity index is 1150. The number of rotatable bonds is 5. The van der Waals surface area contributed by atoms with Gasteiger partial charge in [-0.05, 0) is 77.6 Å². The molecule has 200 valence electrons. The fraction of sp³-hybridized carbons (Fsp3) is 0.517. The summed E-state index contributed by atoms with van der Waals surface area (Å²) in [6.07, 6.45) is 0.621. The van der Waals surface area contributed by atoms with Gasteiger partial charge in [0.05, 0.1) is 17.2 Å². The maximum absolute atomic E-state index is 15.2. The van der Waals surface area contributed by atoms with E-state index in [4.69, 9.17) is 9.31 Å². The summed E-state index contributed by atoms with van der Waals surface area (Å²) in [5.41, 5.74) is 3.96. The van der Waals surface area contributed by atoms with E-state index in [9.17, 15) is 9.59 Å². The van der Waals surface area contributed by atoms with Crippen molar-refractivity contribution in [1.29, 1.82) is 0 Å². The zero-order valence-electron chi connectivity index (χ0n) is 23.8. The Hall–Kier alpha value is -2.71. The Morgan fingerprint density at radius 2 is 1.51 bits per heavy atom. The van der Waals surface area contributed by atoms with Gasteiger partial charge in [-0.1, -0.05) is 51.0 Å². The van der Waals surface area contributed by atoms with E-state index in [1.54, 1.807) is 0 Å². The SMILES string of the molecule is CCC(N(NC(=O)c1ccc(B2OC(C)(C)C(C)(C)O2)c(F)c1)C(=O)c1cc(C)cc(C)c1)C(C)(C)C. The van der Waals surface area contributed by atoms with Crippen LogP contribution in [0.3, 0.4) is 0 Å². The first-order chi connectivity index (χ1) is 17.0. The molecule has 0 aliphatic carbocycles. The van der Waals surface area contributed by atoms with Crippen molar-refractivity contribution in [2.45, 2.75) is 92.9 Å². The van der Waals surface area contributed by atoms with Crippen LogP contribution in [-0.4, -0.2) is 41.2 Å². The number of halogens is 1. The van der Waals surface area contributed by atoms with Gasteiger partial charge in [0.1, 0.15) is 5.82 Å². The molecule has 1 heterocycles. The third-order valence-corrected chi connectivity index (χ3v) is 7.38. The number of amides is 2. The van der Waals surface area contributed by atoms with Gasteiger partial charge in [-0.25, -0.2) is 9.40 Å². The maximum Gasteiger partial charge on any atom is 0.497 e. The average Bonchev–Trinajstić information content (AvgIpc) is 2.97. The second-order valence-electron chi connectivity index (χ2n) is 12.1. The summed E-state index contributed by atoms with van der Waals surface area (Å²) in [6, 6.07) is 9.50. The third-order valence-electron chi connectivity index (χ3n) is 7.38. The van der Waals surface area contributed by atoms with Crippen molar-refractivity contribution < 1.29 is 23.3 Å². The highest BCUT2D eigenvalue weighted by atomic mass is 19.1. The summed E-state index contributed by atoms with van der Waals surface area (Å²) >= 11 is 0. The highest BCUT2D eigenvalue weighted by Crippen LogP contribution is 2.36. The molecule has 37 heavy (non-hydrogen) atoms. The molecule has 0 bridgehead atoms. The van der Waals surface area contributed by atoms with Crippen LogP contribution in [-0.2, 0) is 9.31 Å². The van der Waals surface area contributed by atoms with Crippen LogP contribution in [0, 0.1) is 25.1 Å². The summed E-state index contributed by atoms with van der Waals surface area (Å²) in [4.78, 5) is 27.0. The van der Waals surface area contributed by atoms with E-state index in [0.29, 0.717) is 12.0 Å². The van der Waals surface area contributed by atoms with E-state index < -0.39 is 30.0 Å². The quantitative estimate of drug-likeness (QED) is 0.435. The molecule has 0 spiro atoms. The summed E-state index contributed by atoms with van der Waals surface area (Å²) in [5, 5.41) is 1.40. The van der Waals surface area contributed by atoms with Crippen LogP contribution in [0.4, 0.5) is 4.39 Å². The Kier molecular flexibility index (Phi) is 7.97. The van der Waals surface area contributed by atoms with Crippen LogP contribution in [0.15, 0.2) is 36.4 Å². The Balaban J connectivity index is 1.91. The molecule has 1 aliphatic heterocycles. The van der Waals surface area contributed by atoms with Crippen LogP contribution in [0.5, 0.6) is 0 Å². The molecule has 1 fully saturated rings. The molecule has 2 amide bonds. The predicted octanol–water partition coefficient (Wildman–Crippen LogP) is 5.35. The predicted molar refractivity (Wildman–Crippen MR) is 145 cm³/mol. The minimum absolute atomic E-state index is 0.0970. The molecule has 2 aromatic rings. The lowest BCUT2D eigenvalue weighted by Gasteiger charge is -2.39. The van der Waals surface area contributed by atoms with Gasteiger partial charge in [0.2, 0.25) is 0 Å². The molecule has 0 radical (unpaired) electrons. The number of nitrogens with zero attached hydrogens (tertiary/aromatic N) is 1. The number of aryl methyl sites for hydroxylation is 2. The van der Waals surface area contributed by atoms with Crippen LogP contribution >= 0.6 is 0 Å². The number of hydrogen-bond acceptors (Lipinski definition) is 4. The van der Waals surface area contributed by atoms with Crippen molar-refractivity contribution in [3.8, 4) is 0 Å². The second kappa shape index (κ2) is 10.2. The number of nitrogens with one attached hydrogen (secondary N) is 1. The molecule has 3 rings (SSSR count). The minimum Gasteiger partial charge on any atom is -0.399 e. The Labute approximate surface area is 221 Å². The lowest BCUT2D eigenvalue weighted by Crippen LogP contribution is -2.56. The van der Waals surface area contributed by atoms with Gasteiger partial charge in [-0.2, -0.15) is 0 Å². The first-order valence-corrected chi connectivity index (χ1v) is 12.8. The van der Waals surface area contributed by atoms with Gasteiger partial charge in [0.15, 0.2) is 0 Å². The zero-order valence-corrected chi connectivity index (χ0v) is 23.8. The number of carbonyl (C=O) groups is 2. The second-order valence-corrected chi connectivity index (χ2v) is 12.1. The van der Waals surface area contributed by atoms with Gasteiger partial charge in [-0.15, -0.1) is 0 Å². The van der Waals surface area contributed by atoms with Gasteiger partial charge >= 0.3 is 7.12 Å². The fourth-order valence-corrected chi connectivity index (χ4v) is 4.69. The van der Waals surface area contributed by atoms with E-state index in [1.807, 2.05) is 87.4 Å². The molecule has 6 nitrogen and oxygen atoms in total. The summed E-state index contributed by atoms with van der Waals surface area (Å²) < 4.78 is 27.1. The van der Waals surface area contributed by atoms with Crippen molar-refractivity contribution in [1.82, 2.24) is 10.4 Å². The fourth-order valence-electron chi connectivity index (χ4n) is 4.69. The standard InChI is InChI=1S/C29H40BFN2O4/c1-11-24(27(4,5)6)33(26(35)21-15-18(2)14-19(3)16-21)32-25(34)20-12-13-22(23(31)17-20)30-36-28(7,8)29(9,10)37-30/h12-17,24H,11H2,1-10H3,(H,32,34). The first-order valence-electron chi connectivity index (χ1n) is 12.8. The highest BCUT2D eigenvalue weighted by Gasteiger charge is 2.52.